The number of aliphatic hydroxyl groups is 1. The molecular formula is C18H23FN4O. The summed E-state index contributed by atoms with van der Waals surface area (Å²) in [7, 11) is 0. The normalized spacial score (nSPS) is 19.1. The lowest BCUT2D eigenvalue weighted by molar-refractivity contribution is 0.186. The van der Waals surface area contributed by atoms with Crippen molar-refractivity contribution in [1.29, 1.82) is 0 Å². The van der Waals surface area contributed by atoms with Crippen LogP contribution in [0, 0.1) is 11.7 Å². The van der Waals surface area contributed by atoms with Crippen LogP contribution in [0.1, 0.15) is 31.4 Å². The Kier molecular flexibility index (Phi) is 5.25. The molecule has 1 aromatic carbocycles. The molecule has 6 heteroatoms. The van der Waals surface area contributed by atoms with E-state index >= 15 is 0 Å². The van der Waals surface area contributed by atoms with Gasteiger partial charge in [-0.2, -0.15) is 0 Å². The van der Waals surface area contributed by atoms with Gasteiger partial charge in [-0.15, -0.1) is 0 Å². The van der Waals surface area contributed by atoms with Gasteiger partial charge >= 0.3 is 0 Å². The van der Waals surface area contributed by atoms with E-state index in [1.807, 2.05) is 6.07 Å². The maximum Gasteiger partial charge on any atom is 0.134 e. The molecule has 1 fully saturated rings. The molecular weight excluding hydrogens is 307 g/mol. The summed E-state index contributed by atoms with van der Waals surface area (Å²) in [6, 6.07) is 8.13. The van der Waals surface area contributed by atoms with Gasteiger partial charge in [-0.1, -0.05) is 25.1 Å². The van der Waals surface area contributed by atoms with E-state index in [0.717, 1.165) is 18.9 Å². The van der Waals surface area contributed by atoms with Crippen molar-refractivity contribution in [3.63, 3.8) is 0 Å². The van der Waals surface area contributed by atoms with Crippen LogP contribution in [0.3, 0.4) is 0 Å². The molecule has 2 aromatic rings. The first-order valence-corrected chi connectivity index (χ1v) is 8.37. The number of rotatable bonds is 5. The minimum absolute atomic E-state index is 0.188. The van der Waals surface area contributed by atoms with Gasteiger partial charge < -0.3 is 15.3 Å². The van der Waals surface area contributed by atoms with Crippen molar-refractivity contribution in [2.45, 2.75) is 25.9 Å². The number of anilines is 2. The van der Waals surface area contributed by atoms with Crippen molar-refractivity contribution in [3.05, 3.63) is 48.0 Å². The van der Waals surface area contributed by atoms with E-state index in [-0.39, 0.29) is 12.1 Å². The van der Waals surface area contributed by atoms with Gasteiger partial charge in [-0.25, -0.2) is 14.4 Å². The Balaban J connectivity index is 1.63. The summed E-state index contributed by atoms with van der Waals surface area (Å²) in [6.45, 7) is 4.43. The molecule has 128 valence electrons. The summed E-state index contributed by atoms with van der Waals surface area (Å²) in [5.74, 6) is 1.78. The number of halogens is 1. The standard InChI is InChI=1S/C18H23FN4O/c1-13-5-4-8-23(11-13)18-9-17(21-12-22-18)20-10-16(24)14-6-2-3-7-15(14)19/h2-3,6-7,9,12-13,16,24H,4-5,8,10-11H2,1H3,(H,20,21,22). The van der Waals surface area contributed by atoms with Gasteiger partial charge in [-0.3, -0.25) is 0 Å². The molecule has 0 saturated carbocycles. The van der Waals surface area contributed by atoms with Crippen molar-refractivity contribution >= 4 is 11.6 Å². The topological polar surface area (TPSA) is 61.3 Å². The Morgan fingerprint density at radius 1 is 1.38 bits per heavy atom. The molecule has 0 radical (unpaired) electrons. The molecule has 1 aliphatic heterocycles. The van der Waals surface area contributed by atoms with E-state index in [1.54, 1.807) is 18.2 Å². The molecule has 0 amide bonds. The van der Waals surface area contributed by atoms with E-state index in [9.17, 15) is 9.50 Å². The molecule has 5 nitrogen and oxygen atoms in total. The molecule has 24 heavy (non-hydrogen) atoms. The van der Waals surface area contributed by atoms with Crippen molar-refractivity contribution in [2.24, 2.45) is 5.92 Å². The van der Waals surface area contributed by atoms with Gasteiger partial charge in [0.1, 0.15) is 23.8 Å². The van der Waals surface area contributed by atoms with E-state index < -0.39 is 11.9 Å². The highest BCUT2D eigenvalue weighted by molar-refractivity contribution is 5.48. The van der Waals surface area contributed by atoms with E-state index in [1.165, 1.54) is 25.2 Å². The van der Waals surface area contributed by atoms with E-state index in [2.05, 4.69) is 27.1 Å². The number of piperidine rings is 1. The van der Waals surface area contributed by atoms with Gasteiger partial charge in [0, 0.05) is 31.3 Å². The first-order chi connectivity index (χ1) is 11.6. The summed E-state index contributed by atoms with van der Waals surface area (Å²) < 4.78 is 13.7. The Bertz CT molecular complexity index is 682. The van der Waals surface area contributed by atoms with E-state index in [0.29, 0.717) is 11.7 Å². The van der Waals surface area contributed by atoms with Crippen LogP contribution in [0.2, 0.25) is 0 Å². The molecule has 0 spiro atoms. The highest BCUT2D eigenvalue weighted by Crippen LogP contribution is 2.23. The van der Waals surface area contributed by atoms with Gasteiger partial charge in [0.2, 0.25) is 0 Å². The quantitative estimate of drug-likeness (QED) is 0.882. The molecule has 0 bridgehead atoms. The fraction of sp³-hybridized carbons (Fsp3) is 0.444. The maximum absolute atomic E-state index is 13.7. The van der Waals surface area contributed by atoms with Crippen LogP contribution >= 0.6 is 0 Å². The Labute approximate surface area is 141 Å². The van der Waals surface area contributed by atoms with Crippen molar-refractivity contribution in [2.75, 3.05) is 29.9 Å². The van der Waals surface area contributed by atoms with Gasteiger partial charge in [0.05, 0.1) is 6.10 Å². The SMILES string of the molecule is CC1CCCN(c2cc(NCC(O)c3ccccc3F)ncn2)C1. The second-order valence-corrected chi connectivity index (χ2v) is 6.37. The van der Waals surface area contributed by atoms with Crippen LogP contribution in [0.15, 0.2) is 36.7 Å². The van der Waals surface area contributed by atoms with Crippen LogP contribution in [-0.4, -0.2) is 34.7 Å². The minimum Gasteiger partial charge on any atom is -0.386 e. The monoisotopic (exact) mass is 330 g/mol. The van der Waals surface area contributed by atoms with Crippen LogP contribution < -0.4 is 10.2 Å². The summed E-state index contributed by atoms with van der Waals surface area (Å²) in [5, 5.41) is 13.2. The fourth-order valence-corrected chi connectivity index (χ4v) is 3.07. The van der Waals surface area contributed by atoms with Crippen LogP contribution in [0.4, 0.5) is 16.0 Å². The average Bonchev–Trinajstić information content (AvgIpc) is 2.60. The first kappa shape index (κ1) is 16.6. The highest BCUT2D eigenvalue weighted by atomic mass is 19.1. The summed E-state index contributed by atoms with van der Waals surface area (Å²) in [6.07, 6.45) is 3.01. The average molecular weight is 330 g/mol. The van der Waals surface area contributed by atoms with Crippen LogP contribution in [-0.2, 0) is 0 Å². The van der Waals surface area contributed by atoms with Crippen molar-refractivity contribution in [3.8, 4) is 0 Å². The molecule has 1 aliphatic rings. The Morgan fingerprint density at radius 3 is 3.00 bits per heavy atom. The minimum atomic E-state index is -0.931. The van der Waals surface area contributed by atoms with Crippen LogP contribution in [0.25, 0.3) is 0 Å². The first-order valence-electron chi connectivity index (χ1n) is 8.37. The third kappa shape index (κ3) is 4.00. The summed E-state index contributed by atoms with van der Waals surface area (Å²) in [5.41, 5.74) is 0.282. The predicted octanol–water partition coefficient (Wildman–Crippen LogP) is 3.00. The molecule has 1 saturated heterocycles. The number of hydrogen-bond acceptors (Lipinski definition) is 5. The zero-order chi connectivity index (χ0) is 16.9. The number of benzene rings is 1. The third-order valence-electron chi connectivity index (χ3n) is 4.37. The van der Waals surface area contributed by atoms with Gasteiger partial charge in [0.25, 0.3) is 0 Å². The van der Waals surface area contributed by atoms with Crippen LogP contribution in [0.5, 0.6) is 0 Å². The zero-order valence-electron chi connectivity index (χ0n) is 13.8. The zero-order valence-corrected chi connectivity index (χ0v) is 13.8. The fourth-order valence-electron chi connectivity index (χ4n) is 3.07. The second-order valence-electron chi connectivity index (χ2n) is 6.37. The molecule has 2 N–H and O–H groups in total. The lowest BCUT2D eigenvalue weighted by atomic mass is 10.0. The third-order valence-corrected chi connectivity index (χ3v) is 4.37. The lowest BCUT2D eigenvalue weighted by Crippen LogP contribution is -2.34. The highest BCUT2D eigenvalue weighted by Gasteiger charge is 2.18. The molecule has 2 unspecified atom stereocenters. The van der Waals surface area contributed by atoms with Crippen molar-refractivity contribution in [1.82, 2.24) is 9.97 Å². The van der Waals surface area contributed by atoms with Crippen molar-refractivity contribution < 1.29 is 9.50 Å². The number of nitrogens with zero attached hydrogens (tertiary/aromatic N) is 3. The number of hydrogen-bond donors (Lipinski definition) is 2. The summed E-state index contributed by atoms with van der Waals surface area (Å²) >= 11 is 0. The Hall–Kier alpha value is -2.21. The largest absolute Gasteiger partial charge is 0.386 e. The number of nitrogens with one attached hydrogen (secondary N) is 1. The summed E-state index contributed by atoms with van der Waals surface area (Å²) in [4.78, 5) is 10.8. The molecule has 2 heterocycles. The lowest BCUT2D eigenvalue weighted by Gasteiger charge is -2.31. The van der Waals surface area contributed by atoms with Gasteiger partial charge in [-0.05, 0) is 24.8 Å². The predicted molar refractivity (Wildman–Crippen MR) is 92.5 cm³/mol. The number of aliphatic hydroxyl groups excluding tert-OH is 1. The van der Waals surface area contributed by atoms with E-state index in [4.69, 9.17) is 0 Å². The second kappa shape index (κ2) is 7.57. The maximum atomic E-state index is 13.7. The van der Waals surface area contributed by atoms with Gasteiger partial charge in [0.15, 0.2) is 0 Å². The molecule has 2 atom stereocenters. The molecule has 1 aromatic heterocycles. The Morgan fingerprint density at radius 2 is 2.21 bits per heavy atom. The molecule has 0 aliphatic carbocycles. The molecule has 3 rings (SSSR count). The smallest absolute Gasteiger partial charge is 0.134 e. The number of aromatic nitrogens is 2.